The van der Waals surface area contributed by atoms with E-state index in [9.17, 15) is 9.59 Å². The van der Waals surface area contributed by atoms with E-state index in [0.717, 1.165) is 12.8 Å². The Hall–Kier alpha value is -0.860. The normalized spacial score (nSPS) is 32.8. The number of carbonyl (C=O) groups excluding carboxylic acids is 2. The van der Waals surface area contributed by atoms with Crippen LogP contribution in [-0.2, 0) is 9.59 Å². The molecule has 3 nitrogen and oxygen atoms in total. The summed E-state index contributed by atoms with van der Waals surface area (Å²) in [5.74, 6) is 0.672. The summed E-state index contributed by atoms with van der Waals surface area (Å²) in [4.78, 5) is 24.1. The average molecular weight is 249 g/mol. The first-order valence-corrected chi connectivity index (χ1v) is 7.55. The zero-order chi connectivity index (χ0) is 12.6. The molecule has 1 saturated heterocycles. The van der Waals surface area contributed by atoms with Gasteiger partial charge in [-0.1, -0.05) is 32.1 Å². The van der Waals surface area contributed by atoms with Gasteiger partial charge in [0.2, 0.25) is 11.8 Å². The van der Waals surface area contributed by atoms with E-state index < -0.39 is 0 Å². The predicted octanol–water partition coefficient (Wildman–Crippen LogP) is 2.79. The van der Waals surface area contributed by atoms with Crippen molar-refractivity contribution in [1.29, 1.82) is 0 Å². The summed E-state index contributed by atoms with van der Waals surface area (Å²) >= 11 is 0. The monoisotopic (exact) mass is 249 g/mol. The van der Waals surface area contributed by atoms with Gasteiger partial charge in [0, 0.05) is 12.3 Å². The maximum absolute atomic E-state index is 12.3. The highest BCUT2D eigenvalue weighted by Crippen LogP contribution is 2.52. The molecule has 1 heterocycles. The smallest absolute Gasteiger partial charge is 0.230 e. The molecule has 1 unspecified atom stereocenters. The van der Waals surface area contributed by atoms with Crippen LogP contribution in [0.3, 0.4) is 0 Å². The number of piperidine rings is 1. The summed E-state index contributed by atoms with van der Waals surface area (Å²) in [5.41, 5.74) is 0.0205. The number of hydrogen-bond donors (Lipinski definition) is 1. The van der Waals surface area contributed by atoms with Gasteiger partial charge in [0.25, 0.3) is 0 Å². The molecule has 3 heteroatoms. The Morgan fingerprint density at radius 1 is 0.944 bits per heavy atom. The summed E-state index contributed by atoms with van der Waals surface area (Å²) < 4.78 is 0. The number of hydrogen-bond acceptors (Lipinski definition) is 2. The summed E-state index contributed by atoms with van der Waals surface area (Å²) in [6.45, 7) is 0. The molecule has 1 atom stereocenters. The van der Waals surface area contributed by atoms with Crippen molar-refractivity contribution in [3.05, 3.63) is 0 Å². The van der Waals surface area contributed by atoms with Crippen molar-refractivity contribution in [2.45, 2.75) is 64.2 Å². The van der Waals surface area contributed by atoms with Crippen LogP contribution in [0, 0.1) is 17.3 Å². The van der Waals surface area contributed by atoms with Gasteiger partial charge in [-0.2, -0.15) is 0 Å². The first-order chi connectivity index (χ1) is 8.71. The Labute approximate surface area is 109 Å². The molecule has 100 valence electrons. The molecule has 0 bridgehead atoms. The third-order valence-electron chi connectivity index (χ3n) is 5.44. The Balaban J connectivity index is 1.89. The Morgan fingerprint density at radius 2 is 1.61 bits per heavy atom. The Kier molecular flexibility index (Phi) is 3.16. The number of imide groups is 1. The van der Waals surface area contributed by atoms with Gasteiger partial charge in [0.15, 0.2) is 0 Å². The number of amides is 2. The van der Waals surface area contributed by atoms with Crippen LogP contribution in [0.15, 0.2) is 0 Å². The van der Waals surface area contributed by atoms with Crippen molar-refractivity contribution in [3.63, 3.8) is 0 Å². The molecule has 0 aromatic carbocycles. The lowest BCUT2D eigenvalue weighted by molar-refractivity contribution is -0.148. The number of nitrogens with one attached hydrogen (secondary N) is 1. The zero-order valence-electron chi connectivity index (χ0n) is 11.0. The molecule has 3 aliphatic rings. The van der Waals surface area contributed by atoms with Gasteiger partial charge in [-0.3, -0.25) is 14.9 Å². The van der Waals surface area contributed by atoms with Crippen molar-refractivity contribution in [3.8, 4) is 0 Å². The van der Waals surface area contributed by atoms with Crippen molar-refractivity contribution < 1.29 is 9.59 Å². The molecule has 0 aromatic heterocycles. The van der Waals surface area contributed by atoms with E-state index in [1.807, 2.05) is 0 Å². The molecule has 3 rings (SSSR count). The van der Waals surface area contributed by atoms with Crippen LogP contribution in [0.1, 0.15) is 64.2 Å². The molecular formula is C15H23NO2. The average Bonchev–Trinajstić information content (AvgIpc) is 2.82. The SMILES string of the molecule is O=C1CC2(CCCCC2)C(C2CCCC2)C(=O)N1. The van der Waals surface area contributed by atoms with Gasteiger partial charge < -0.3 is 0 Å². The molecular weight excluding hydrogens is 226 g/mol. The molecule has 0 radical (unpaired) electrons. The van der Waals surface area contributed by atoms with Crippen LogP contribution < -0.4 is 5.32 Å². The van der Waals surface area contributed by atoms with Gasteiger partial charge in [-0.15, -0.1) is 0 Å². The lowest BCUT2D eigenvalue weighted by Gasteiger charge is -2.47. The number of carbonyl (C=O) groups is 2. The van der Waals surface area contributed by atoms with Crippen LogP contribution >= 0.6 is 0 Å². The Bertz CT molecular complexity index is 352. The summed E-state index contributed by atoms with van der Waals surface area (Å²) in [5, 5.41) is 2.60. The minimum atomic E-state index is -0.0313. The van der Waals surface area contributed by atoms with Gasteiger partial charge in [-0.25, -0.2) is 0 Å². The molecule has 1 spiro atoms. The van der Waals surface area contributed by atoms with Crippen LogP contribution in [0.2, 0.25) is 0 Å². The molecule has 2 amide bonds. The molecule has 2 saturated carbocycles. The second-order valence-electron chi connectivity index (χ2n) is 6.53. The standard InChI is InChI=1S/C15H23NO2/c17-12-10-15(8-4-1-5-9-15)13(14(18)16-12)11-6-2-3-7-11/h11,13H,1-10H2,(H,16,17,18). The second kappa shape index (κ2) is 4.67. The van der Waals surface area contributed by atoms with Crippen molar-refractivity contribution >= 4 is 11.8 Å². The summed E-state index contributed by atoms with van der Waals surface area (Å²) in [6, 6.07) is 0. The molecule has 2 aliphatic carbocycles. The highest BCUT2D eigenvalue weighted by Gasteiger charge is 2.51. The minimum Gasteiger partial charge on any atom is -0.296 e. The van der Waals surface area contributed by atoms with E-state index in [1.165, 1.54) is 44.9 Å². The molecule has 3 fully saturated rings. The second-order valence-corrected chi connectivity index (χ2v) is 6.53. The zero-order valence-corrected chi connectivity index (χ0v) is 11.0. The van der Waals surface area contributed by atoms with Gasteiger partial charge >= 0.3 is 0 Å². The Morgan fingerprint density at radius 3 is 2.28 bits per heavy atom. The fourth-order valence-electron chi connectivity index (χ4n) is 4.72. The first-order valence-electron chi connectivity index (χ1n) is 7.55. The van der Waals surface area contributed by atoms with E-state index >= 15 is 0 Å². The fraction of sp³-hybridized carbons (Fsp3) is 0.867. The highest BCUT2D eigenvalue weighted by molar-refractivity contribution is 5.99. The van der Waals surface area contributed by atoms with Crippen LogP contribution in [0.5, 0.6) is 0 Å². The molecule has 1 N–H and O–H groups in total. The van der Waals surface area contributed by atoms with Crippen LogP contribution in [-0.4, -0.2) is 11.8 Å². The predicted molar refractivity (Wildman–Crippen MR) is 68.7 cm³/mol. The van der Waals surface area contributed by atoms with E-state index in [0.29, 0.717) is 12.3 Å². The third kappa shape index (κ3) is 1.98. The van der Waals surface area contributed by atoms with Gasteiger partial charge in [-0.05, 0) is 37.0 Å². The van der Waals surface area contributed by atoms with Crippen LogP contribution in [0.25, 0.3) is 0 Å². The molecule has 18 heavy (non-hydrogen) atoms. The lowest BCUT2D eigenvalue weighted by Crippen LogP contribution is -2.55. The topological polar surface area (TPSA) is 46.2 Å². The van der Waals surface area contributed by atoms with Crippen LogP contribution in [0.4, 0.5) is 0 Å². The van der Waals surface area contributed by atoms with Crippen molar-refractivity contribution in [2.24, 2.45) is 17.3 Å². The number of rotatable bonds is 1. The summed E-state index contributed by atoms with van der Waals surface area (Å²) in [7, 11) is 0. The largest absolute Gasteiger partial charge is 0.296 e. The maximum atomic E-state index is 12.3. The van der Waals surface area contributed by atoms with E-state index in [1.54, 1.807) is 0 Å². The highest BCUT2D eigenvalue weighted by atomic mass is 16.2. The van der Waals surface area contributed by atoms with E-state index in [2.05, 4.69) is 5.32 Å². The minimum absolute atomic E-state index is 0.0205. The summed E-state index contributed by atoms with van der Waals surface area (Å²) in [6.07, 6.45) is 11.3. The first kappa shape index (κ1) is 12.2. The fourth-order valence-corrected chi connectivity index (χ4v) is 4.72. The van der Waals surface area contributed by atoms with E-state index in [4.69, 9.17) is 0 Å². The molecule has 1 aliphatic heterocycles. The molecule has 0 aromatic rings. The van der Waals surface area contributed by atoms with Crippen molar-refractivity contribution in [1.82, 2.24) is 5.32 Å². The third-order valence-corrected chi connectivity index (χ3v) is 5.44. The van der Waals surface area contributed by atoms with E-state index in [-0.39, 0.29) is 23.1 Å². The lowest BCUT2D eigenvalue weighted by atomic mass is 9.58. The van der Waals surface area contributed by atoms with Gasteiger partial charge in [0.1, 0.15) is 0 Å². The maximum Gasteiger partial charge on any atom is 0.230 e. The van der Waals surface area contributed by atoms with Crippen molar-refractivity contribution in [2.75, 3.05) is 0 Å². The van der Waals surface area contributed by atoms with Gasteiger partial charge in [0.05, 0.1) is 0 Å². The quantitative estimate of drug-likeness (QED) is 0.726.